The van der Waals surface area contributed by atoms with Crippen molar-refractivity contribution < 1.29 is 0 Å². The molecule has 0 amide bonds. The van der Waals surface area contributed by atoms with Gasteiger partial charge in [0, 0.05) is 11.3 Å². The van der Waals surface area contributed by atoms with Crippen LogP contribution in [0.3, 0.4) is 0 Å². The Morgan fingerprint density at radius 2 is 1.95 bits per heavy atom. The molecule has 0 saturated heterocycles. The van der Waals surface area contributed by atoms with E-state index in [9.17, 15) is 0 Å². The van der Waals surface area contributed by atoms with Crippen LogP contribution in [0.4, 0.5) is 5.69 Å². The van der Waals surface area contributed by atoms with E-state index in [2.05, 4.69) is 22.4 Å². The SMILES string of the molecule is Cc1cccc(-c2nnnn2C2CCC(C)CC2)c1N. The first-order valence-corrected chi connectivity index (χ1v) is 7.30. The Balaban J connectivity index is 1.96. The van der Waals surface area contributed by atoms with E-state index in [1.807, 2.05) is 29.8 Å². The molecule has 3 rings (SSSR count). The van der Waals surface area contributed by atoms with Crippen LogP contribution in [0.15, 0.2) is 18.2 Å². The summed E-state index contributed by atoms with van der Waals surface area (Å²) in [5.41, 5.74) is 8.96. The van der Waals surface area contributed by atoms with Crippen LogP contribution >= 0.6 is 0 Å². The molecule has 20 heavy (non-hydrogen) atoms. The van der Waals surface area contributed by atoms with Crippen molar-refractivity contribution in [2.75, 3.05) is 5.73 Å². The molecule has 1 aromatic heterocycles. The van der Waals surface area contributed by atoms with Crippen LogP contribution in [0.2, 0.25) is 0 Å². The van der Waals surface area contributed by atoms with Crippen molar-refractivity contribution in [1.82, 2.24) is 20.2 Å². The Bertz CT molecular complexity index is 596. The van der Waals surface area contributed by atoms with Crippen molar-refractivity contribution in [3.05, 3.63) is 23.8 Å². The third-order valence-corrected chi connectivity index (χ3v) is 4.39. The number of nitrogen functional groups attached to an aromatic ring is 1. The predicted molar refractivity (Wildman–Crippen MR) is 79.1 cm³/mol. The molecule has 5 nitrogen and oxygen atoms in total. The maximum Gasteiger partial charge on any atom is 0.184 e. The van der Waals surface area contributed by atoms with Gasteiger partial charge in [0.1, 0.15) is 0 Å². The summed E-state index contributed by atoms with van der Waals surface area (Å²) in [5, 5.41) is 12.3. The summed E-state index contributed by atoms with van der Waals surface area (Å²) >= 11 is 0. The fourth-order valence-corrected chi connectivity index (χ4v) is 2.98. The highest BCUT2D eigenvalue weighted by Crippen LogP contribution is 2.34. The second kappa shape index (κ2) is 5.23. The molecule has 1 fully saturated rings. The van der Waals surface area contributed by atoms with E-state index >= 15 is 0 Å². The van der Waals surface area contributed by atoms with Crippen molar-refractivity contribution in [3.63, 3.8) is 0 Å². The number of nitrogens with zero attached hydrogens (tertiary/aromatic N) is 4. The number of tetrazole rings is 1. The highest BCUT2D eigenvalue weighted by Gasteiger charge is 2.24. The van der Waals surface area contributed by atoms with E-state index in [0.29, 0.717) is 6.04 Å². The number of nitrogens with two attached hydrogens (primary N) is 1. The summed E-state index contributed by atoms with van der Waals surface area (Å²) in [5.74, 6) is 1.61. The number of benzene rings is 1. The van der Waals surface area contributed by atoms with Gasteiger partial charge in [-0.3, -0.25) is 0 Å². The smallest absolute Gasteiger partial charge is 0.184 e. The molecule has 5 heteroatoms. The van der Waals surface area contributed by atoms with E-state index in [1.54, 1.807) is 0 Å². The summed E-state index contributed by atoms with van der Waals surface area (Å²) in [6.45, 7) is 4.32. The minimum atomic E-state index is 0.399. The second-order valence-corrected chi connectivity index (χ2v) is 5.90. The monoisotopic (exact) mass is 271 g/mol. The van der Waals surface area contributed by atoms with Gasteiger partial charge in [0.15, 0.2) is 5.82 Å². The Labute approximate surface area is 119 Å². The minimum absolute atomic E-state index is 0.399. The van der Waals surface area contributed by atoms with Gasteiger partial charge in [-0.25, -0.2) is 4.68 Å². The van der Waals surface area contributed by atoms with E-state index < -0.39 is 0 Å². The van der Waals surface area contributed by atoms with Gasteiger partial charge in [-0.15, -0.1) is 5.10 Å². The van der Waals surface area contributed by atoms with Crippen LogP contribution in [0.25, 0.3) is 11.4 Å². The second-order valence-electron chi connectivity index (χ2n) is 5.90. The van der Waals surface area contributed by atoms with Crippen LogP contribution in [0.1, 0.15) is 44.2 Å². The van der Waals surface area contributed by atoms with Crippen LogP contribution < -0.4 is 5.73 Å². The lowest BCUT2D eigenvalue weighted by Crippen LogP contribution is -2.19. The molecule has 106 valence electrons. The lowest BCUT2D eigenvalue weighted by molar-refractivity contribution is 0.272. The molecule has 0 unspecified atom stereocenters. The third kappa shape index (κ3) is 2.28. The Morgan fingerprint density at radius 3 is 2.70 bits per heavy atom. The van der Waals surface area contributed by atoms with Crippen molar-refractivity contribution in [3.8, 4) is 11.4 Å². The predicted octanol–water partition coefficient (Wildman–Crippen LogP) is 2.98. The van der Waals surface area contributed by atoms with Gasteiger partial charge in [0.2, 0.25) is 0 Å². The Kier molecular flexibility index (Phi) is 3.42. The number of hydrogen-bond acceptors (Lipinski definition) is 4. The molecular weight excluding hydrogens is 250 g/mol. The molecule has 0 spiro atoms. The van der Waals surface area contributed by atoms with E-state index in [1.165, 1.54) is 12.8 Å². The molecule has 0 bridgehead atoms. The number of anilines is 1. The highest BCUT2D eigenvalue weighted by molar-refractivity contribution is 5.74. The number of para-hydroxylation sites is 1. The van der Waals surface area contributed by atoms with Gasteiger partial charge in [0.05, 0.1) is 6.04 Å². The quantitative estimate of drug-likeness (QED) is 0.852. The standard InChI is InChI=1S/C15H21N5/c1-10-6-8-12(9-7-10)20-15(17-18-19-20)13-5-3-4-11(2)14(13)16/h3-5,10,12H,6-9,16H2,1-2H3. The van der Waals surface area contributed by atoms with Gasteiger partial charge in [-0.05, 0) is 60.6 Å². The van der Waals surface area contributed by atoms with Crippen molar-refractivity contribution in [2.45, 2.75) is 45.6 Å². The normalized spacial score (nSPS) is 22.9. The maximum absolute atomic E-state index is 6.19. The fourth-order valence-electron chi connectivity index (χ4n) is 2.98. The molecule has 1 saturated carbocycles. The van der Waals surface area contributed by atoms with Gasteiger partial charge in [0.25, 0.3) is 0 Å². The number of rotatable bonds is 2. The summed E-state index contributed by atoms with van der Waals surface area (Å²) in [6.07, 6.45) is 4.77. The van der Waals surface area contributed by atoms with Gasteiger partial charge in [-0.1, -0.05) is 19.1 Å². The first-order valence-electron chi connectivity index (χ1n) is 7.30. The largest absolute Gasteiger partial charge is 0.398 e. The van der Waals surface area contributed by atoms with Gasteiger partial charge in [-0.2, -0.15) is 0 Å². The Morgan fingerprint density at radius 1 is 1.20 bits per heavy atom. The molecule has 0 radical (unpaired) electrons. The molecule has 1 heterocycles. The molecule has 1 aromatic carbocycles. The first kappa shape index (κ1) is 13.1. The zero-order valence-electron chi connectivity index (χ0n) is 12.1. The highest BCUT2D eigenvalue weighted by atomic mass is 15.5. The molecule has 0 aliphatic heterocycles. The summed E-state index contributed by atoms with van der Waals surface area (Å²) < 4.78 is 1.97. The fraction of sp³-hybridized carbons (Fsp3) is 0.533. The van der Waals surface area contributed by atoms with Crippen LogP contribution in [-0.2, 0) is 0 Å². The number of hydrogen-bond donors (Lipinski definition) is 1. The molecule has 2 N–H and O–H groups in total. The molecule has 0 atom stereocenters. The topological polar surface area (TPSA) is 69.6 Å². The lowest BCUT2D eigenvalue weighted by Gasteiger charge is -2.26. The summed E-state index contributed by atoms with van der Waals surface area (Å²) in [7, 11) is 0. The third-order valence-electron chi connectivity index (χ3n) is 4.39. The van der Waals surface area contributed by atoms with Crippen LogP contribution in [0, 0.1) is 12.8 Å². The van der Waals surface area contributed by atoms with Gasteiger partial charge >= 0.3 is 0 Å². The van der Waals surface area contributed by atoms with Crippen LogP contribution in [-0.4, -0.2) is 20.2 Å². The van der Waals surface area contributed by atoms with E-state index in [-0.39, 0.29) is 0 Å². The maximum atomic E-state index is 6.19. The van der Waals surface area contributed by atoms with Gasteiger partial charge < -0.3 is 5.73 Å². The molecule has 1 aliphatic carbocycles. The average Bonchev–Trinajstić information content (AvgIpc) is 2.92. The molecule has 1 aliphatic rings. The zero-order chi connectivity index (χ0) is 14.1. The number of aromatic nitrogens is 4. The first-order chi connectivity index (χ1) is 9.66. The van der Waals surface area contributed by atoms with E-state index in [0.717, 1.165) is 41.4 Å². The van der Waals surface area contributed by atoms with Crippen LogP contribution in [0.5, 0.6) is 0 Å². The average molecular weight is 271 g/mol. The Hall–Kier alpha value is -1.91. The van der Waals surface area contributed by atoms with Crippen molar-refractivity contribution in [2.24, 2.45) is 5.92 Å². The minimum Gasteiger partial charge on any atom is -0.398 e. The summed E-state index contributed by atoms with van der Waals surface area (Å²) in [6, 6.07) is 6.41. The molecule has 2 aromatic rings. The molecular formula is C15H21N5. The zero-order valence-corrected chi connectivity index (χ0v) is 12.1. The summed E-state index contributed by atoms with van der Waals surface area (Å²) in [4.78, 5) is 0. The lowest BCUT2D eigenvalue weighted by atomic mass is 9.87. The number of aryl methyl sites for hydroxylation is 1. The van der Waals surface area contributed by atoms with Crippen molar-refractivity contribution >= 4 is 5.69 Å². The van der Waals surface area contributed by atoms with E-state index in [4.69, 9.17) is 5.73 Å². The van der Waals surface area contributed by atoms with Crippen molar-refractivity contribution in [1.29, 1.82) is 0 Å².